The van der Waals surface area contributed by atoms with Gasteiger partial charge in [0, 0.05) is 6.54 Å². The molecular formula is C14H23N3O2. The number of aromatic nitrogens is 2. The molecule has 0 radical (unpaired) electrons. The van der Waals surface area contributed by atoms with Crippen molar-refractivity contribution in [3.05, 3.63) is 18.2 Å². The molecule has 0 saturated heterocycles. The number of hydrogen-bond donors (Lipinski definition) is 1. The van der Waals surface area contributed by atoms with Crippen LogP contribution < -0.4 is 5.32 Å². The number of esters is 1. The number of aryl methyl sites for hydroxylation is 1. The highest BCUT2D eigenvalue weighted by Gasteiger charge is 2.28. The van der Waals surface area contributed by atoms with E-state index in [1.807, 2.05) is 11.5 Å². The van der Waals surface area contributed by atoms with Crippen LogP contribution in [0.5, 0.6) is 0 Å². The van der Waals surface area contributed by atoms with E-state index < -0.39 is 6.04 Å². The first kappa shape index (κ1) is 14.1. The molecule has 1 saturated carbocycles. The fourth-order valence-electron chi connectivity index (χ4n) is 2.14. The SMILES string of the molecule is CCCn1cncc1C(NCC1CC1)C(=O)OCC. The van der Waals surface area contributed by atoms with Gasteiger partial charge in [0.05, 0.1) is 24.8 Å². The van der Waals surface area contributed by atoms with Gasteiger partial charge in [0.25, 0.3) is 0 Å². The number of imidazole rings is 1. The van der Waals surface area contributed by atoms with Gasteiger partial charge in [-0.3, -0.25) is 5.32 Å². The molecule has 5 nitrogen and oxygen atoms in total. The lowest BCUT2D eigenvalue weighted by atomic mass is 10.2. The summed E-state index contributed by atoms with van der Waals surface area (Å²) < 4.78 is 7.20. The van der Waals surface area contributed by atoms with E-state index in [4.69, 9.17) is 4.74 Å². The van der Waals surface area contributed by atoms with Crippen LogP contribution in [0.15, 0.2) is 12.5 Å². The lowest BCUT2D eigenvalue weighted by Gasteiger charge is -2.18. The lowest BCUT2D eigenvalue weighted by molar-refractivity contribution is -0.146. The Morgan fingerprint density at radius 2 is 2.37 bits per heavy atom. The molecule has 5 heteroatoms. The van der Waals surface area contributed by atoms with Gasteiger partial charge in [-0.25, -0.2) is 9.78 Å². The Kier molecular flexibility index (Phi) is 4.96. The first-order chi connectivity index (χ1) is 9.26. The molecule has 1 unspecified atom stereocenters. The Labute approximate surface area is 114 Å². The Morgan fingerprint density at radius 1 is 1.58 bits per heavy atom. The predicted octanol–water partition coefficient (Wildman–Crippen LogP) is 1.90. The van der Waals surface area contributed by atoms with Gasteiger partial charge in [-0.05, 0) is 38.6 Å². The van der Waals surface area contributed by atoms with Crippen molar-refractivity contribution in [2.75, 3.05) is 13.2 Å². The molecule has 1 aromatic heterocycles. The van der Waals surface area contributed by atoms with Gasteiger partial charge >= 0.3 is 5.97 Å². The topological polar surface area (TPSA) is 56.2 Å². The van der Waals surface area contributed by atoms with Crippen LogP contribution in [-0.4, -0.2) is 28.7 Å². The number of carbonyl (C=O) groups is 1. The molecule has 1 atom stereocenters. The second-order valence-corrected chi connectivity index (χ2v) is 5.05. The first-order valence-corrected chi connectivity index (χ1v) is 7.16. The maximum Gasteiger partial charge on any atom is 0.329 e. The minimum absolute atomic E-state index is 0.207. The standard InChI is InChI=1S/C14H23N3O2/c1-3-7-17-10-15-9-12(17)13(14(18)19-4-2)16-8-11-5-6-11/h9-11,13,16H,3-8H2,1-2H3. The molecule has 1 fully saturated rings. The van der Waals surface area contributed by atoms with Gasteiger partial charge in [0.1, 0.15) is 6.04 Å². The van der Waals surface area contributed by atoms with Crippen molar-refractivity contribution in [1.29, 1.82) is 0 Å². The highest BCUT2D eigenvalue weighted by molar-refractivity contribution is 5.77. The summed E-state index contributed by atoms with van der Waals surface area (Å²) in [6, 6.07) is -0.394. The van der Waals surface area contributed by atoms with E-state index in [0.29, 0.717) is 6.61 Å². The van der Waals surface area contributed by atoms with Crippen LogP contribution in [0.25, 0.3) is 0 Å². The molecule has 1 aliphatic carbocycles. The van der Waals surface area contributed by atoms with Gasteiger partial charge in [-0.2, -0.15) is 0 Å². The van der Waals surface area contributed by atoms with Crippen LogP contribution >= 0.6 is 0 Å². The summed E-state index contributed by atoms with van der Waals surface area (Å²) in [7, 11) is 0. The summed E-state index contributed by atoms with van der Waals surface area (Å²) in [6.07, 6.45) is 7.08. The van der Waals surface area contributed by atoms with Crippen molar-refractivity contribution >= 4 is 5.97 Å². The second kappa shape index (κ2) is 6.70. The van der Waals surface area contributed by atoms with Crippen molar-refractivity contribution in [3.63, 3.8) is 0 Å². The van der Waals surface area contributed by atoms with Gasteiger partial charge in [0.2, 0.25) is 0 Å². The van der Waals surface area contributed by atoms with E-state index in [-0.39, 0.29) is 5.97 Å². The van der Waals surface area contributed by atoms with E-state index in [0.717, 1.165) is 31.1 Å². The fraction of sp³-hybridized carbons (Fsp3) is 0.714. The average Bonchev–Trinajstić information content (AvgIpc) is 3.11. The molecule has 0 bridgehead atoms. The maximum atomic E-state index is 12.1. The van der Waals surface area contributed by atoms with Gasteiger partial charge in [-0.1, -0.05) is 6.92 Å². The molecule has 1 aromatic rings. The van der Waals surface area contributed by atoms with Gasteiger partial charge < -0.3 is 9.30 Å². The molecule has 1 heterocycles. The lowest BCUT2D eigenvalue weighted by Crippen LogP contribution is -2.33. The highest BCUT2D eigenvalue weighted by atomic mass is 16.5. The Morgan fingerprint density at radius 3 is 3.00 bits per heavy atom. The second-order valence-electron chi connectivity index (χ2n) is 5.05. The Balaban J connectivity index is 2.08. The predicted molar refractivity (Wildman–Crippen MR) is 72.6 cm³/mol. The zero-order valence-electron chi connectivity index (χ0n) is 11.8. The Hall–Kier alpha value is -1.36. The number of nitrogens with one attached hydrogen (secondary N) is 1. The monoisotopic (exact) mass is 265 g/mol. The van der Waals surface area contributed by atoms with Crippen LogP contribution in [0.3, 0.4) is 0 Å². The number of ether oxygens (including phenoxy) is 1. The molecule has 0 aliphatic heterocycles. The molecule has 1 aliphatic rings. The molecule has 106 valence electrons. The largest absolute Gasteiger partial charge is 0.465 e. The number of rotatable bonds is 8. The molecule has 19 heavy (non-hydrogen) atoms. The molecule has 0 aromatic carbocycles. The van der Waals surface area contributed by atoms with Gasteiger partial charge in [-0.15, -0.1) is 0 Å². The van der Waals surface area contributed by atoms with Crippen LogP contribution in [0.4, 0.5) is 0 Å². The zero-order chi connectivity index (χ0) is 13.7. The van der Waals surface area contributed by atoms with E-state index in [1.54, 1.807) is 12.5 Å². The van der Waals surface area contributed by atoms with E-state index >= 15 is 0 Å². The van der Waals surface area contributed by atoms with Crippen molar-refractivity contribution in [2.45, 2.75) is 45.7 Å². The minimum Gasteiger partial charge on any atom is -0.465 e. The molecular weight excluding hydrogens is 242 g/mol. The molecule has 0 spiro atoms. The summed E-state index contributed by atoms with van der Waals surface area (Å²) in [4.78, 5) is 16.3. The van der Waals surface area contributed by atoms with E-state index in [9.17, 15) is 4.79 Å². The van der Waals surface area contributed by atoms with E-state index in [2.05, 4.69) is 17.2 Å². The third-order valence-electron chi connectivity index (χ3n) is 3.33. The summed E-state index contributed by atoms with van der Waals surface area (Å²) >= 11 is 0. The van der Waals surface area contributed by atoms with Crippen LogP contribution in [0, 0.1) is 5.92 Å². The summed E-state index contributed by atoms with van der Waals surface area (Å²) in [5.74, 6) is 0.514. The van der Waals surface area contributed by atoms with Crippen molar-refractivity contribution in [1.82, 2.24) is 14.9 Å². The van der Waals surface area contributed by atoms with Crippen molar-refractivity contribution in [3.8, 4) is 0 Å². The quantitative estimate of drug-likeness (QED) is 0.729. The van der Waals surface area contributed by atoms with E-state index in [1.165, 1.54) is 12.8 Å². The summed E-state index contributed by atoms with van der Waals surface area (Å²) in [5, 5.41) is 3.33. The maximum absolute atomic E-state index is 12.1. The van der Waals surface area contributed by atoms with Gasteiger partial charge in [0.15, 0.2) is 0 Å². The molecule has 0 amide bonds. The van der Waals surface area contributed by atoms with Crippen LogP contribution in [0.2, 0.25) is 0 Å². The van der Waals surface area contributed by atoms with Crippen molar-refractivity contribution < 1.29 is 9.53 Å². The number of hydrogen-bond acceptors (Lipinski definition) is 4. The smallest absolute Gasteiger partial charge is 0.329 e. The minimum atomic E-state index is -0.394. The van der Waals surface area contributed by atoms with Crippen LogP contribution in [0.1, 0.15) is 44.8 Å². The summed E-state index contributed by atoms with van der Waals surface area (Å²) in [5.41, 5.74) is 0.904. The average molecular weight is 265 g/mol. The highest BCUT2D eigenvalue weighted by Crippen LogP contribution is 2.28. The molecule has 2 rings (SSSR count). The third-order valence-corrected chi connectivity index (χ3v) is 3.33. The number of carbonyl (C=O) groups excluding carboxylic acids is 1. The zero-order valence-corrected chi connectivity index (χ0v) is 11.8. The summed E-state index contributed by atoms with van der Waals surface area (Å²) in [6.45, 7) is 6.10. The first-order valence-electron chi connectivity index (χ1n) is 7.16. The normalized spacial score (nSPS) is 16.3. The van der Waals surface area contributed by atoms with Crippen molar-refractivity contribution in [2.24, 2.45) is 5.92 Å². The third kappa shape index (κ3) is 3.80. The Bertz CT molecular complexity index is 413. The number of nitrogens with zero attached hydrogens (tertiary/aromatic N) is 2. The van der Waals surface area contributed by atoms with Crippen LogP contribution in [-0.2, 0) is 16.1 Å². The fourth-order valence-corrected chi connectivity index (χ4v) is 2.14. The molecule has 1 N–H and O–H groups in total.